The number of rotatable bonds is 6. The van der Waals surface area contributed by atoms with Crippen LogP contribution in [0.4, 0.5) is 17.3 Å². The van der Waals surface area contributed by atoms with Gasteiger partial charge in [-0.1, -0.05) is 30.8 Å². The molecule has 1 heterocycles. The summed E-state index contributed by atoms with van der Waals surface area (Å²) < 4.78 is 0. The van der Waals surface area contributed by atoms with Gasteiger partial charge in [-0.05, 0) is 37.3 Å². The van der Waals surface area contributed by atoms with Crippen molar-refractivity contribution in [3.63, 3.8) is 0 Å². The molecule has 2 rings (SSSR count). The number of hydrogen-bond acceptors (Lipinski definition) is 5. The molecule has 0 aliphatic carbocycles. The van der Waals surface area contributed by atoms with Crippen molar-refractivity contribution < 1.29 is 0 Å². The average molecular weight is 288 g/mol. The first-order valence-corrected chi connectivity index (χ1v) is 7.94. The molecular formula is C15H20N4S. The highest BCUT2D eigenvalue weighted by atomic mass is 32.2. The predicted octanol–water partition coefficient (Wildman–Crippen LogP) is 4.07. The van der Waals surface area contributed by atoms with Crippen LogP contribution in [0.5, 0.6) is 0 Å². The molecule has 2 aromatic rings. The lowest BCUT2D eigenvalue weighted by atomic mass is 10.2. The van der Waals surface area contributed by atoms with Crippen LogP contribution in [0.15, 0.2) is 35.5 Å². The van der Waals surface area contributed by atoms with Gasteiger partial charge < -0.3 is 10.6 Å². The molecule has 4 nitrogen and oxygen atoms in total. The maximum absolute atomic E-state index is 4.49. The van der Waals surface area contributed by atoms with Crippen LogP contribution >= 0.6 is 11.8 Å². The lowest BCUT2D eigenvalue weighted by Gasteiger charge is -2.10. The van der Waals surface area contributed by atoms with Gasteiger partial charge in [0.1, 0.15) is 11.6 Å². The van der Waals surface area contributed by atoms with Gasteiger partial charge in [0.2, 0.25) is 0 Å². The third-order valence-electron chi connectivity index (χ3n) is 2.73. The first kappa shape index (κ1) is 14.7. The second-order valence-corrected chi connectivity index (χ2v) is 5.32. The zero-order valence-electron chi connectivity index (χ0n) is 12.1. The summed E-state index contributed by atoms with van der Waals surface area (Å²) in [5, 5.41) is 7.40. The van der Waals surface area contributed by atoms with Gasteiger partial charge in [0.15, 0.2) is 5.16 Å². The smallest absolute Gasteiger partial charge is 0.191 e. The van der Waals surface area contributed by atoms with Gasteiger partial charge in [0, 0.05) is 18.3 Å². The van der Waals surface area contributed by atoms with Gasteiger partial charge >= 0.3 is 0 Å². The SMILES string of the molecule is CCCNc1cc(Nc2cccc(C)c2)nc(SC)n1. The molecule has 0 saturated heterocycles. The normalized spacial score (nSPS) is 10.3. The number of hydrogen-bond donors (Lipinski definition) is 2. The molecule has 1 aromatic heterocycles. The lowest BCUT2D eigenvalue weighted by molar-refractivity contribution is 0.929. The van der Waals surface area contributed by atoms with E-state index in [1.165, 1.54) is 5.56 Å². The average Bonchev–Trinajstić information content (AvgIpc) is 2.45. The fraction of sp³-hybridized carbons (Fsp3) is 0.333. The van der Waals surface area contributed by atoms with Gasteiger partial charge in [-0.2, -0.15) is 0 Å². The zero-order valence-corrected chi connectivity index (χ0v) is 12.9. The Balaban J connectivity index is 2.21. The predicted molar refractivity (Wildman–Crippen MR) is 87.1 cm³/mol. The van der Waals surface area contributed by atoms with Crippen LogP contribution in [0.3, 0.4) is 0 Å². The maximum atomic E-state index is 4.49. The van der Waals surface area contributed by atoms with Crippen molar-refractivity contribution in [2.45, 2.75) is 25.4 Å². The Labute approximate surface area is 124 Å². The van der Waals surface area contributed by atoms with E-state index in [1.54, 1.807) is 11.8 Å². The quantitative estimate of drug-likeness (QED) is 0.620. The highest BCUT2D eigenvalue weighted by Gasteiger charge is 2.04. The van der Waals surface area contributed by atoms with Crippen molar-refractivity contribution >= 4 is 29.1 Å². The first-order chi connectivity index (χ1) is 9.71. The van der Waals surface area contributed by atoms with Crippen LogP contribution in [0.2, 0.25) is 0 Å². The largest absolute Gasteiger partial charge is 0.370 e. The minimum atomic E-state index is 0.765. The molecule has 2 N–H and O–H groups in total. The lowest BCUT2D eigenvalue weighted by Crippen LogP contribution is -2.05. The van der Waals surface area contributed by atoms with Crippen LogP contribution in [0.1, 0.15) is 18.9 Å². The fourth-order valence-corrected chi connectivity index (χ4v) is 2.17. The molecule has 0 amide bonds. The van der Waals surface area contributed by atoms with Gasteiger partial charge in [-0.3, -0.25) is 0 Å². The number of anilines is 3. The molecule has 0 bridgehead atoms. The number of thioether (sulfide) groups is 1. The minimum Gasteiger partial charge on any atom is -0.370 e. The van der Waals surface area contributed by atoms with E-state index in [0.717, 1.165) is 35.4 Å². The van der Waals surface area contributed by atoms with Crippen molar-refractivity contribution in [2.75, 3.05) is 23.4 Å². The molecular weight excluding hydrogens is 268 g/mol. The summed E-state index contributed by atoms with van der Waals surface area (Å²) in [5.41, 5.74) is 2.26. The molecule has 20 heavy (non-hydrogen) atoms. The molecule has 0 fully saturated rings. The summed E-state index contributed by atoms with van der Waals surface area (Å²) in [5.74, 6) is 1.68. The monoisotopic (exact) mass is 288 g/mol. The summed E-state index contributed by atoms with van der Waals surface area (Å²) in [6.07, 6.45) is 3.05. The number of aryl methyl sites for hydroxylation is 1. The molecule has 0 atom stereocenters. The molecule has 0 saturated carbocycles. The molecule has 5 heteroatoms. The molecule has 0 aliphatic rings. The van der Waals surface area contributed by atoms with Gasteiger partial charge in [-0.15, -0.1) is 0 Å². The van der Waals surface area contributed by atoms with E-state index in [4.69, 9.17) is 0 Å². The van der Waals surface area contributed by atoms with E-state index in [9.17, 15) is 0 Å². The molecule has 0 spiro atoms. The summed E-state index contributed by atoms with van der Waals surface area (Å²) >= 11 is 1.54. The Morgan fingerprint density at radius 3 is 2.65 bits per heavy atom. The van der Waals surface area contributed by atoms with Gasteiger partial charge in [0.05, 0.1) is 0 Å². The number of nitrogens with zero attached hydrogens (tertiary/aromatic N) is 2. The highest BCUT2D eigenvalue weighted by molar-refractivity contribution is 7.98. The summed E-state index contributed by atoms with van der Waals surface area (Å²) in [7, 11) is 0. The second kappa shape index (κ2) is 7.14. The van der Waals surface area contributed by atoms with Crippen molar-refractivity contribution in [3.8, 4) is 0 Å². The second-order valence-electron chi connectivity index (χ2n) is 4.55. The van der Waals surface area contributed by atoms with Crippen LogP contribution in [0.25, 0.3) is 0 Å². The van der Waals surface area contributed by atoms with Crippen LogP contribution in [-0.2, 0) is 0 Å². The standard InChI is InChI=1S/C15H20N4S/c1-4-8-16-13-10-14(19-15(18-13)20-3)17-12-7-5-6-11(2)9-12/h5-7,9-10H,4,8H2,1-3H3,(H2,16,17,18,19). The summed E-state index contributed by atoms with van der Waals surface area (Å²) in [4.78, 5) is 8.93. The van der Waals surface area contributed by atoms with Crippen molar-refractivity contribution in [2.24, 2.45) is 0 Å². The van der Waals surface area contributed by atoms with Crippen LogP contribution in [0, 0.1) is 6.92 Å². The topological polar surface area (TPSA) is 49.8 Å². The Morgan fingerprint density at radius 1 is 1.15 bits per heavy atom. The number of benzene rings is 1. The van der Waals surface area contributed by atoms with Crippen LogP contribution in [-0.4, -0.2) is 22.8 Å². The maximum Gasteiger partial charge on any atom is 0.191 e. The molecule has 0 radical (unpaired) electrons. The summed E-state index contributed by atoms with van der Waals surface area (Å²) in [6, 6.07) is 10.2. The Kier molecular flexibility index (Phi) is 5.24. The number of aromatic nitrogens is 2. The first-order valence-electron chi connectivity index (χ1n) is 6.72. The Morgan fingerprint density at radius 2 is 1.95 bits per heavy atom. The molecule has 0 unspecified atom stereocenters. The highest BCUT2D eigenvalue weighted by Crippen LogP contribution is 2.21. The van der Waals surface area contributed by atoms with E-state index >= 15 is 0 Å². The van der Waals surface area contributed by atoms with Crippen molar-refractivity contribution in [3.05, 3.63) is 35.9 Å². The third-order valence-corrected chi connectivity index (χ3v) is 3.28. The van der Waals surface area contributed by atoms with Gasteiger partial charge in [-0.25, -0.2) is 9.97 Å². The zero-order chi connectivity index (χ0) is 14.4. The number of nitrogens with one attached hydrogen (secondary N) is 2. The van der Waals surface area contributed by atoms with E-state index in [0.29, 0.717) is 0 Å². The molecule has 1 aromatic carbocycles. The molecule has 106 valence electrons. The third kappa shape index (κ3) is 4.13. The van der Waals surface area contributed by atoms with E-state index in [-0.39, 0.29) is 0 Å². The van der Waals surface area contributed by atoms with E-state index in [1.807, 2.05) is 24.5 Å². The summed E-state index contributed by atoms with van der Waals surface area (Å²) in [6.45, 7) is 5.12. The fourth-order valence-electron chi connectivity index (χ4n) is 1.79. The van der Waals surface area contributed by atoms with Gasteiger partial charge in [0.25, 0.3) is 0 Å². The van der Waals surface area contributed by atoms with E-state index < -0.39 is 0 Å². The van der Waals surface area contributed by atoms with Crippen molar-refractivity contribution in [1.82, 2.24) is 9.97 Å². The minimum absolute atomic E-state index is 0.765. The van der Waals surface area contributed by atoms with E-state index in [2.05, 4.69) is 46.6 Å². The van der Waals surface area contributed by atoms with Crippen molar-refractivity contribution in [1.29, 1.82) is 0 Å². The Bertz CT molecular complexity index is 572. The Hall–Kier alpha value is -1.75. The van der Waals surface area contributed by atoms with Crippen LogP contribution < -0.4 is 10.6 Å². The molecule has 0 aliphatic heterocycles.